The fraction of sp³-hybridized carbons (Fsp3) is 0.250. The van der Waals surface area contributed by atoms with Crippen molar-refractivity contribution in [2.45, 2.75) is 13.0 Å². The minimum Gasteiger partial charge on any atom is -0.503 e. The average Bonchev–Trinajstić information content (AvgIpc) is 2.60. The molecule has 1 aliphatic rings. The Morgan fingerprint density at radius 2 is 1.88 bits per heavy atom. The molecule has 0 unspecified atom stereocenters. The molecule has 8 heteroatoms. The van der Waals surface area contributed by atoms with Gasteiger partial charge in [0.25, 0.3) is 0 Å². The van der Waals surface area contributed by atoms with Crippen molar-refractivity contribution in [2.75, 3.05) is 13.2 Å². The van der Waals surface area contributed by atoms with Gasteiger partial charge in [0.2, 0.25) is 0 Å². The summed E-state index contributed by atoms with van der Waals surface area (Å²) in [5, 5.41) is 19.6. The van der Waals surface area contributed by atoms with E-state index in [-0.39, 0.29) is 23.2 Å². The van der Waals surface area contributed by atoms with Crippen molar-refractivity contribution < 1.29 is 19.7 Å². The van der Waals surface area contributed by atoms with Crippen LogP contribution in [0.25, 0.3) is 0 Å². The summed E-state index contributed by atoms with van der Waals surface area (Å²) < 4.78 is 5.18. The van der Waals surface area contributed by atoms with Gasteiger partial charge in [0.15, 0.2) is 11.5 Å². The molecule has 0 aliphatic carbocycles. The van der Waals surface area contributed by atoms with Crippen molar-refractivity contribution >= 4 is 35.0 Å². The summed E-state index contributed by atoms with van der Waals surface area (Å²) in [6, 6.07) is 0. The number of carbonyl (C=O) groups excluding carboxylic acids is 1. The van der Waals surface area contributed by atoms with Gasteiger partial charge in [0.1, 0.15) is 6.61 Å². The number of carbonyl (C=O) groups is 1. The summed E-state index contributed by atoms with van der Waals surface area (Å²) in [6.07, 6.45) is 2.63. The van der Waals surface area contributed by atoms with Crippen LogP contribution in [0.3, 0.4) is 0 Å². The highest BCUT2D eigenvalue weighted by Crippen LogP contribution is 2.46. The highest BCUT2D eigenvalue weighted by Gasteiger charge is 2.29. The number of rotatable bonds is 4. The van der Waals surface area contributed by atoms with Crippen LogP contribution in [0.5, 0.6) is 11.5 Å². The number of phenols is 2. The van der Waals surface area contributed by atoms with Crippen molar-refractivity contribution in [3.8, 4) is 11.5 Å². The van der Waals surface area contributed by atoms with Crippen LogP contribution in [-0.4, -0.2) is 40.1 Å². The van der Waals surface area contributed by atoms with Gasteiger partial charge < -0.3 is 19.8 Å². The molecule has 1 amide bonds. The predicted molar refractivity (Wildman–Crippen MR) is 93.1 cm³/mol. The Morgan fingerprint density at radius 1 is 1.25 bits per heavy atom. The second-order valence-corrected chi connectivity index (χ2v) is 5.77. The molecule has 2 N–H and O–H groups in total. The Kier molecular flexibility index (Phi) is 5.75. The van der Waals surface area contributed by atoms with Crippen LogP contribution in [0.2, 0.25) is 10.0 Å². The van der Waals surface area contributed by atoms with Gasteiger partial charge in [-0.3, -0.25) is 4.99 Å². The Hall–Kier alpha value is -2.18. The third kappa shape index (κ3) is 3.49. The predicted octanol–water partition coefficient (Wildman–Crippen LogP) is 3.67. The Balaban J connectivity index is 2.15. The van der Waals surface area contributed by atoms with Crippen molar-refractivity contribution in [1.82, 2.24) is 4.90 Å². The van der Waals surface area contributed by atoms with Crippen LogP contribution < -0.4 is 0 Å². The van der Waals surface area contributed by atoms with Crippen LogP contribution in [0, 0.1) is 0 Å². The molecule has 0 spiro atoms. The SMILES string of the molecule is C=CN=C(C=C)COC(=O)N1CCc2c(Cl)c(O)c(O)c(Cl)c2C1. The summed E-state index contributed by atoms with van der Waals surface area (Å²) in [5.74, 6) is -0.949. The smallest absolute Gasteiger partial charge is 0.410 e. The molecule has 1 heterocycles. The molecule has 1 aromatic carbocycles. The summed E-state index contributed by atoms with van der Waals surface area (Å²) in [5.41, 5.74) is 1.57. The summed E-state index contributed by atoms with van der Waals surface area (Å²) in [7, 11) is 0. The van der Waals surface area contributed by atoms with Gasteiger partial charge >= 0.3 is 6.09 Å². The lowest BCUT2D eigenvalue weighted by atomic mass is 9.98. The van der Waals surface area contributed by atoms with Crippen LogP contribution >= 0.6 is 23.2 Å². The van der Waals surface area contributed by atoms with Crippen molar-refractivity contribution in [2.24, 2.45) is 4.99 Å². The first kappa shape index (κ1) is 18.2. The van der Waals surface area contributed by atoms with Gasteiger partial charge in [-0.15, -0.1) is 0 Å². The molecular weight excluding hydrogens is 355 g/mol. The van der Waals surface area contributed by atoms with Crippen molar-refractivity contribution in [3.05, 3.63) is 46.6 Å². The standard InChI is InChI=1S/C16H16Cl2N2O4/c1-3-9(19-4-2)8-24-16(23)20-6-5-10-11(7-20)13(18)15(22)14(21)12(10)17/h3-4,21-22H,1-2,5-8H2. The zero-order chi connectivity index (χ0) is 17.9. The van der Waals surface area contributed by atoms with E-state index in [0.717, 1.165) is 0 Å². The lowest BCUT2D eigenvalue weighted by Crippen LogP contribution is -2.37. The first-order valence-corrected chi connectivity index (χ1v) is 7.78. The minimum atomic E-state index is -0.556. The highest BCUT2D eigenvalue weighted by molar-refractivity contribution is 6.36. The lowest BCUT2D eigenvalue weighted by Gasteiger charge is -2.29. The van der Waals surface area contributed by atoms with E-state index >= 15 is 0 Å². The Bertz CT molecular complexity index is 732. The molecule has 0 radical (unpaired) electrons. The number of hydrogen-bond donors (Lipinski definition) is 2. The number of phenolic OH excluding ortho intramolecular Hbond substituents is 2. The van der Waals surface area contributed by atoms with Gasteiger partial charge in [-0.05, 0) is 23.6 Å². The zero-order valence-corrected chi connectivity index (χ0v) is 14.3. The zero-order valence-electron chi connectivity index (χ0n) is 12.8. The Labute approximate surface area is 149 Å². The lowest BCUT2D eigenvalue weighted by molar-refractivity contribution is 0.111. The number of benzene rings is 1. The second-order valence-electron chi connectivity index (χ2n) is 5.02. The number of fused-ring (bicyclic) bond motifs is 1. The number of ether oxygens (including phenoxy) is 1. The molecule has 0 saturated carbocycles. The number of halogens is 2. The van der Waals surface area contributed by atoms with Gasteiger partial charge in [0.05, 0.1) is 22.3 Å². The molecule has 0 atom stereocenters. The molecule has 0 fully saturated rings. The first-order chi connectivity index (χ1) is 11.4. The number of hydrogen-bond acceptors (Lipinski definition) is 5. The molecule has 6 nitrogen and oxygen atoms in total. The van der Waals surface area contributed by atoms with E-state index < -0.39 is 17.6 Å². The van der Waals surface area contributed by atoms with Crippen LogP contribution in [0.4, 0.5) is 4.79 Å². The van der Waals surface area contributed by atoms with E-state index in [2.05, 4.69) is 18.2 Å². The maximum atomic E-state index is 12.2. The minimum absolute atomic E-state index is 0.0237. The van der Waals surface area contributed by atoms with E-state index in [0.29, 0.717) is 29.8 Å². The van der Waals surface area contributed by atoms with Gasteiger partial charge in [0, 0.05) is 12.7 Å². The third-order valence-corrected chi connectivity index (χ3v) is 4.42. The summed E-state index contributed by atoms with van der Waals surface area (Å²) in [4.78, 5) is 17.5. The van der Waals surface area contributed by atoms with Crippen molar-refractivity contribution in [1.29, 1.82) is 0 Å². The molecule has 0 aromatic heterocycles. The molecule has 0 saturated heterocycles. The average molecular weight is 371 g/mol. The molecule has 128 valence electrons. The Morgan fingerprint density at radius 3 is 2.46 bits per heavy atom. The van der Waals surface area contributed by atoms with Gasteiger partial charge in [-0.2, -0.15) is 0 Å². The van der Waals surface area contributed by atoms with Crippen molar-refractivity contribution in [3.63, 3.8) is 0 Å². The normalized spacial score (nSPS) is 14.1. The van der Waals surface area contributed by atoms with E-state index in [1.54, 1.807) is 0 Å². The monoisotopic (exact) mass is 370 g/mol. The molecule has 1 aliphatic heterocycles. The van der Waals surface area contributed by atoms with Gasteiger partial charge in [-0.1, -0.05) is 36.4 Å². The largest absolute Gasteiger partial charge is 0.503 e. The maximum Gasteiger partial charge on any atom is 0.410 e. The number of nitrogens with zero attached hydrogens (tertiary/aromatic N) is 2. The summed E-state index contributed by atoms with van der Waals surface area (Å²) in [6.45, 7) is 7.46. The van der Waals surface area contributed by atoms with E-state index in [4.69, 9.17) is 27.9 Å². The molecular formula is C16H16Cl2N2O4. The van der Waals surface area contributed by atoms with Crippen LogP contribution in [0.1, 0.15) is 11.1 Å². The quantitative estimate of drug-likeness (QED) is 0.625. The molecule has 1 aromatic rings. The van der Waals surface area contributed by atoms with Gasteiger partial charge in [-0.25, -0.2) is 4.79 Å². The topological polar surface area (TPSA) is 82.4 Å². The molecule has 0 bridgehead atoms. The maximum absolute atomic E-state index is 12.2. The molecule has 2 rings (SSSR count). The highest BCUT2D eigenvalue weighted by atomic mass is 35.5. The van der Waals surface area contributed by atoms with Crippen LogP contribution in [-0.2, 0) is 17.7 Å². The van der Waals surface area contributed by atoms with E-state index in [1.807, 2.05) is 0 Å². The number of amides is 1. The van der Waals surface area contributed by atoms with E-state index in [9.17, 15) is 15.0 Å². The second kappa shape index (κ2) is 7.59. The third-order valence-electron chi connectivity index (χ3n) is 3.61. The number of aliphatic imine (C=N–C) groups is 1. The fourth-order valence-corrected chi connectivity index (χ4v) is 2.91. The van der Waals surface area contributed by atoms with E-state index in [1.165, 1.54) is 17.2 Å². The molecule has 24 heavy (non-hydrogen) atoms. The summed E-state index contributed by atoms with van der Waals surface area (Å²) >= 11 is 12.1. The fourth-order valence-electron chi connectivity index (χ4n) is 2.35. The first-order valence-electron chi connectivity index (χ1n) is 7.03. The number of aromatic hydroxyl groups is 2. The van der Waals surface area contributed by atoms with Crippen LogP contribution in [0.15, 0.2) is 30.4 Å².